The molecule has 1 aromatic heterocycles. The van der Waals surface area contributed by atoms with Crippen LogP contribution in [-0.4, -0.2) is 14.8 Å². The molecule has 0 radical (unpaired) electrons. The minimum atomic E-state index is -0.192. The molecule has 0 spiro atoms. The molecule has 0 aliphatic heterocycles. The van der Waals surface area contributed by atoms with Gasteiger partial charge in [-0.05, 0) is 25.3 Å². The molecule has 4 heteroatoms. The lowest BCUT2D eigenvalue weighted by molar-refractivity contribution is 0.478. The summed E-state index contributed by atoms with van der Waals surface area (Å²) >= 11 is 0. The minimum absolute atomic E-state index is 0.192. The van der Waals surface area contributed by atoms with E-state index in [1.807, 2.05) is 37.3 Å². The van der Waals surface area contributed by atoms with Gasteiger partial charge >= 0.3 is 0 Å². The lowest BCUT2D eigenvalue weighted by Crippen LogP contribution is -2.20. The van der Waals surface area contributed by atoms with Gasteiger partial charge in [-0.15, -0.1) is 10.2 Å². The highest BCUT2D eigenvalue weighted by Crippen LogP contribution is 2.33. The molecule has 0 amide bonds. The highest BCUT2D eigenvalue weighted by atomic mass is 15.3. The Bertz CT molecular complexity index is 541. The van der Waals surface area contributed by atoms with Gasteiger partial charge in [-0.3, -0.25) is 0 Å². The van der Waals surface area contributed by atoms with Crippen molar-refractivity contribution in [2.75, 3.05) is 0 Å². The molecule has 1 heterocycles. The van der Waals surface area contributed by atoms with Gasteiger partial charge in [-0.1, -0.05) is 43.2 Å². The Kier molecular flexibility index (Phi) is 3.34. The highest BCUT2D eigenvalue weighted by Gasteiger charge is 2.25. The van der Waals surface area contributed by atoms with Crippen molar-refractivity contribution in [2.24, 2.45) is 5.73 Å². The Morgan fingerprint density at radius 3 is 2.53 bits per heavy atom. The summed E-state index contributed by atoms with van der Waals surface area (Å²) in [4.78, 5) is 0. The average molecular weight is 256 g/mol. The monoisotopic (exact) mass is 256 g/mol. The van der Waals surface area contributed by atoms with Crippen LogP contribution in [0.15, 0.2) is 30.3 Å². The molecule has 1 saturated carbocycles. The fourth-order valence-electron chi connectivity index (χ4n) is 3.02. The van der Waals surface area contributed by atoms with E-state index in [2.05, 4.69) is 14.8 Å². The van der Waals surface area contributed by atoms with Gasteiger partial charge < -0.3 is 10.3 Å². The number of nitrogens with two attached hydrogens (primary N) is 1. The van der Waals surface area contributed by atoms with E-state index in [1.54, 1.807) is 0 Å². The summed E-state index contributed by atoms with van der Waals surface area (Å²) < 4.78 is 2.25. The van der Waals surface area contributed by atoms with Crippen molar-refractivity contribution >= 4 is 0 Å². The first kappa shape index (κ1) is 12.4. The standard InChI is InChI=1S/C15H20N4/c1-11-17-18-15(19(11)13-9-5-6-10-13)14(16)12-7-3-2-4-8-12/h2-4,7-8,13-14H,5-6,9-10,16H2,1H3/t14-/m1/s1. The maximum Gasteiger partial charge on any atom is 0.154 e. The maximum atomic E-state index is 6.37. The summed E-state index contributed by atoms with van der Waals surface area (Å²) in [5.74, 6) is 1.88. The molecule has 1 atom stereocenters. The molecule has 2 aromatic rings. The fraction of sp³-hybridized carbons (Fsp3) is 0.467. The van der Waals surface area contributed by atoms with Crippen LogP contribution >= 0.6 is 0 Å². The number of nitrogens with zero attached hydrogens (tertiary/aromatic N) is 3. The van der Waals surface area contributed by atoms with Crippen molar-refractivity contribution in [3.05, 3.63) is 47.5 Å². The highest BCUT2D eigenvalue weighted by molar-refractivity contribution is 5.24. The Labute approximate surface area is 113 Å². The Balaban J connectivity index is 1.96. The molecule has 19 heavy (non-hydrogen) atoms. The first-order chi connectivity index (χ1) is 9.27. The lowest BCUT2D eigenvalue weighted by Gasteiger charge is -2.19. The van der Waals surface area contributed by atoms with Crippen LogP contribution in [0.1, 0.15) is 55.0 Å². The van der Waals surface area contributed by atoms with E-state index < -0.39 is 0 Å². The van der Waals surface area contributed by atoms with Crippen LogP contribution in [0.2, 0.25) is 0 Å². The Hall–Kier alpha value is -1.68. The van der Waals surface area contributed by atoms with Gasteiger partial charge in [-0.25, -0.2) is 0 Å². The zero-order chi connectivity index (χ0) is 13.2. The number of aromatic nitrogens is 3. The third kappa shape index (κ3) is 2.28. The minimum Gasteiger partial charge on any atom is -0.318 e. The van der Waals surface area contributed by atoms with Gasteiger partial charge in [0.15, 0.2) is 5.82 Å². The van der Waals surface area contributed by atoms with Crippen molar-refractivity contribution in [2.45, 2.75) is 44.7 Å². The zero-order valence-electron chi connectivity index (χ0n) is 11.3. The zero-order valence-corrected chi connectivity index (χ0v) is 11.3. The van der Waals surface area contributed by atoms with E-state index in [0.717, 1.165) is 17.2 Å². The molecule has 0 bridgehead atoms. The van der Waals surface area contributed by atoms with Gasteiger partial charge in [0.05, 0.1) is 6.04 Å². The van der Waals surface area contributed by atoms with Crippen molar-refractivity contribution in [1.82, 2.24) is 14.8 Å². The van der Waals surface area contributed by atoms with Gasteiger partial charge in [0, 0.05) is 6.04 Å². The van der Waals surface area contributed by atoms with Crippen LogP contribution in [0.4, 0.5) is 0 Å². The fourth-order valence-corrected chi connectivity index (χ4v) is 3.02. The molecule has 3 rings (SSSR count). The van der Waals surface area contributed by atoms with Crippen LogP contribution in [0.3, 0.4) is 0 Å². The Morgan fingerprint density at radius 2 is 1.84 bits per heavy atom. The van der Waals surface area contributed by atoms with Crippen LogP contribution in [-0.2, 0) is 0 Å². The number of hydrogen-bond donors (Lipinski definition) is 1. The van der Waals surface area contributed by atoms with Crippen molar-refractivity contribution in [3.8, 4) is 0 Å². The molecular weight excluding hydrogens is 236 g/mol. The molecule has 100 valence electrons. The SMILES string of the molecule is Cc1nnc([C@H](N)c2ccccc2)n1C1CCCC1. The van der Waals surface area contributed by atoms with E-state index in [1.165, 1.54) is 25.7 Å². The quantitative estimate of drug-likeness (QED) is 0.918. The van der Waals surface area contributed by atoms with Gasteiger partial charge in [0.2, 0.25) is 0 Å². The second-order valence-electron chi connectivity index (χ2n) is 5.30. The average Bonchev–Trinajstić information content (AvgIpc) is 3.08. The second kappa shape index (κ2) is 5.13. The number of benzene rings is 1. The summed E-state index contributed by atoms with van der Waals surface area (Å²) in [7, 11) is 0. The van der Waals surface area contributed by atoms with Crippen molar-refractivity contribution in [1.29, 1.82) is 0 Å². The summed E-state index contributed by atoms with van der Waals surface area (Å²) in [5.41, 5.74) is 7.47. The van der Waals surface area contributed by atoms with Crippen LogP contribution in [0, 0.1) is 6.92 Å². The van der Waals surface area contributed by atoms with Gasteiger partial charge in [-0.2, -0.15) is 0 Å². The molecule has 1 aromatic carbocycles. The maximum absolute atomic E-state index is 6.37. The van der Waals surface area contributed by atoms with E-state index in [9.17, 15) is 0 Å². The molecule has 0 unspecified atom stereocenters. The van der Waals surface area contributed by atoms with Crippen molar-refractivity contribution < 1.29 is 0 Å². The third-order valence-corrected chi connectivity index (χ3v) is 4.02. The van der Waals surface area contributed by atoms with Crippen LogP contribution in [0.25, 0.3) is 0 Å². The predicted octanol–water partition coefficient (Wildman–Crippen LogP) is 2.75. The Morgan fingerprint density at radius 1 is 1.16 bits per heavy atom. The van der Waals surface area contributed by atoms with Gasteiger partial charge in [0.1, 0.15) is 5.82 Å². The van der Waals surface area contributed by atoms with E-state index >= 15 is 0 Å². The van der Waals surface area contributed by atoms with E-state index in [-0.39, 0.29) is 6.04 Å². The molecule has 0 saturated heterocycles. The largest absolute Gasteiger partial charge is 0.318 e. The third-order valence-electron chi connectivity index (χ3n) is 4.02. The number of aryl methyl sites for hydroxylation is 1. The first-order valence-corrected chi connectivity index (χ1v) is 6.99. The summed E-state index contributed by atoms with van der Waals surface area (Å²) in [5, 5.41) is 8.57. The molecule has 1 fully saturated rings. The van der Waals surface area contributed by atoms with Gasteiger partial charge in [0.25, 0.3) is 0 Å². The summed E-state index contributed by atoms with van der Waals surface area (Å²) in [6, 6.07) is 10.5. The normalized spacial score (nSPS) is 17.8. The molecule has 4 nitrogen and oxygen atoms in total. The second-order valence-corrected chi connectivity index (χ2v) is 5.30. The summed E-state index contributed by atoms with van der Waals surface area (Å²) in [6.07, 6.45) is 5.02. The predicted molar refractivity (Wildman–Crippen MR) is 74.7 cm³/mol. The molecule has 1 aliphatic carbocycles. The molecule has 2 N–H and O–H groups in total. The summed E-state index contributed by atoms with van der Waals surface area (Å²) in [6.45, 7) is 2.02. The van der Waals surface area contributed by atoms with Crippen LogP contribution in [0.5, 0.6) is 0 Å². The topological polar surface area (TPSA) is 56.7 Å². The van der Waals surface area contributed by atoms with Crippen LogP contribution < -0.4 is 5.73 Å². The van der Waals surface area contributed by atoms with E-state index in [0.29, 0.717) is 6.04 Å². The van der Waals surface area contributed by atoms with Crippen molar-refractivity contribution in [3.63, 3.8) is 0 Å². The number of rotatable bonds is 3. The molecule has 1 aliphatic rings. The lowest BCUT2D eigenvalue weighted by atomic mass is 10.1. The first-order valence-electron chi connectivity index (χ1n) is 6.99. The number of hydrogen-bond acceptors (Lipinski definition) is 3. The molecular formula is C15H20N4. The smallest absolute Gasteiger partial charge is 0.154 e. The van der Waals surface area contributed by atoms with E-state index in [4.69, 9.17) is 5.73 Å².